The number of H-pyrrole nitrogens is 1. The van der Waals surface area contributed by atoms with Gasteiger partial charge in [-0.15, -0.1) is 0 Å². The molecule has 2 aromatic carbocycles. The number of likely N-dealkylation sites (tertiary alicyclic amines) is 1. The second kappa shape index (κ2) is 7.65. The number of carbonyl (C=O) groups excluding carboxylic acids is 1. The van der Waals surface area contributed by atoms with Crippen LogP contribution in [0.1, 0.15) is 30.0 Å². The zero-order valence-corrected chi connectivity index (χ0v) is 16.1. The van der Waals surface area contributed by atoms with Crippen LogP contribution in [0, 0.1) is 6.92 Å². The number of aromatic amines is 1. The summed E-state index contributed by atoms with van der Waals surface area (Å²) >= 11 is 5.87. The number of nitrogens with one attached hydrogen (secondary N) is 1. The summed E-state index contributed by atoms with van der Waals surface area (Å²) in [6.07, 6.45) is 1.96. The van der Waals surface area contributed by atoms with Crippen molar-refractivity contribution in [1.82, 2.24) is 9.88 Å². The first-order valence-corrected chi connectivity index (χ1v) is 9.73. The van der Waals surface area contributed by atoms with E-state index in [1.807, 2.05) is 4.90 Å². The lowest BCUT2D eigenvalue weighted by molar-refractivity contribution is -0.134. The second-order valence-corrected chi connectivity index (χ2v) is 7.54. The number of fused-ring (bicyclic) bond motifs is 1. The fourth-order valence-corrected chi connectivity index (χ4v) is 4.14. The lowest BCUT2D eigenvalue weighted by Gasteiger charge is -2.32. The van der Waals surface area contributed by atoms with Crippen LogP contribution in [0.5, 0.6) is 5.75 Å². The molecular weight excluding hydrogens is 360 g/mol. The summed E-state index contributed by atoms with van der Waals surface area (Å²) in [5.74, 6) is 1.19. The number of amides is 1. The fourth-order valence-electron chi connectivity index (χ4n) is 4.01. The van der Waals surface area contributed by atoms with Gasteiger partial charge in [0.15, 0.2) is 6.61 Å². The zero-order valence-electron chi connectivity index (χ0n) is 15.4. The summed E-state index contributed by atoms with van der Waals surface area (Å²) in [4.78, 5) is 17.9. The van der Waals surface area contributed by atoms with Gasteiger partial charge in [0, 0.05) is 34.7 Å². The normalized spacial score (nSPS) is 15.3. The van der Waals surface area contributed by atoms with Crippen molar-refractivity contribution in [3.63, 3.8) is 0 Å². The fraction of sp³-hybridized carbons (Fsp3) is 0.318. The first-order chi connectivity index (χ1) is 13.1. The van der Waals surface area contributed by atoms with Crippen molar-refractivity contribution in [2.24, 2.45) is 0 Å². The molecule has 0 unspecified atom stereocenters. The van der Waals surface area contributed by atoms with E-state index in [0.717, 1.165) is 25.9 Å². The Balaban J connectivity index is 1.36. The molecule has 2 heterocycles. The number of carbonyl (C=O) groups is 1. The maximum absolute atomic E-state index is 12.5. The van der Waals surface area contributed by atoms with E-state index < -0.39 is 0 Å². The highest BCUT2D eigenvalue weighted by molar-refractivity contribution is 6.30. The van der Waals surface area contributed by atoms with Crippen molar-refractivity contribution in [2.45, 2.75) is 25.7 Å². The van der Waals surface area contributed by atoms with Gasteiger partial charge in [-0.2, -0.15) is 0 Å². The van der Waals surface area contributed by atoms with E-state index in [1.54, 1.807) is 24.3 Å². The highest BCUT2D eigenvalue weighted by Crippen LogP contribution is 2.35. The Kier molecular flexibility index (Phi) is 5.08. The summed E-state index contributed by atoms with van der Waals surface area (Å²) in [6.45, 7) is 3.75. The predicted octanol–water partition coefficient (Wildman–Crippen LogP) is 4.91. The molecule has 1 aliphatic heterocycles. The van der Waals surface area contributed by atoms with Gasteiger partial charge in [-0.1, -0.05) is 29.8 Å². The molecule has 1 aromatic heterocycles. The number of piperidine rings is 1. The van der Waals surface area contributed by atoms with Crippen LogP contribution in [0.3, 0.4) is 0 Å². The van der Waals surface area contributed by atoms with Gasteiger partial charge < -0.3 is 14.6 Å². The van der Waals surface area contributed by atoms with E-state index in [0.29, 0.717) is 16.7 Å². The summed E-state index contributed by atoms with van der Waals surface area (Å²) in [6, 6.07) is 15.5. The van der Waals surface area contributed by atoms with Crippen LogP contribution in [0.15, 0.2) is 48.5 Å². The highest BCUT2D eigenvalue weighted by Gasteiger charge is 2.26. The SMILES string of the molecule is Cc1[nH]c2ccccc2c1C1CCN(C(=O)COc2ccc(Cl)cc2)CC1. The Morgan fingerprint density at radius 2 is 1.85 bits per heavy atom. The number of aromatic nitrogens is 1. The van der Waals surface area contributed by atoms with Crippen molar-refractivity contribution in [2.75, 3.05) is 19.7 Å². The van der Waals surface area contributed by atoms with Crippen molar-refractivity contribution in [3.8, 4) is 5.75 Å². The molecule has 0 radical (unpaired) electrons. The standard InChI is InChI=1S/C22H23ClN2O2/c1-15-22(19-4-2-3-5-20(19)24-15)16-10-12-25(13-11-16)21(26)14-27-18-8-6-17(23)7-9-18/h2-9,16,24H,10-14H2,1H3. The molecule has 5 heteroatoms. The van der Waals surface area contributed by atoms with E-state index in [1.165, 1.54) is 22.2 Å². The van der Waals surface area contributed by atoms with Gasteiger partial charge in [-0.05, 0) is 61.6 Å². The molecule has 0 saturated carbocycles. The van der Waals surface area contributed by atoms with Gasteiger partial charge in [0.1, 0.15) is 5.75 Å². The smallest absolute Gasteiger partial charge is 0.260 e. The number of rotatable bonds is 4. The monoisotopic (exact) mass is 382 g/mol. The molecule has 27 heavy (non-hydrogen) atoms. The average molecular weight is 383 g/mol. The molecule has 0 aliphatic carbocycles. The molecule has 4 rings (SSSR count). The largest absolute Gasteiger partial charge is 0.484 e. The van der Waals surface area contributed by atoms with Gasteiger partial charge >= 0.3 is 0 Å². The van der Waals surface area contributed by atoms with Gasteiger partial charge in [-0.3, -0.25) is 4.79 Å². The van der Waals surface area contributed by atoms with E-state index in [-0.39, 0.29) is 12.5 Å². The molecule has 1 N–H and O–H groups in total. The zero-order chi connectivity index (χ0) is 18.8. The van der Waals surface area contributed by atoms with Crippen LogP contribution in [-0.2, 0) is 4.79 Å². The molecule has 0 spiro atoms. The van der Waals surface area contributed by atoms with E-state index in [9.17, 15) is 4.79 Å². The van der Waals surface area contributed by atoms with Crippen LogP contribution in [0.4, 0.5) is 0 Å². The number of aryl methyl sites for hydroxylation is 1. The Morgan fingerprint density at radius 1 is 1.15 bits per heavy atom. The van der Waals surface area contributed by atoms with Gasteiger partial charge in [-0.25, -0.2) is 0 Å². The van der Waals surface area contributed by atoms with Crippen LogP contribution >= 0.6 is 11.6 Å². The summed E-state index contributed by atoms with van der Waals surface area (Å²) < 4.78 is 5.60. The predicted molar refractivity (Wildman–Crippen MR) is 109 cm³/mol. The van der Waals surface area contributed by atoms with E-state index >= 15 is 0 Å². The Bertz CT molecular complexity index is 941. The molecule has 1 aliphatic rings. The van der Waals surface area contributed by atoms with Crippen molar-refractivity contribution >= 4 is 28.4 Å². The number of hydrogen-bond donors (Lipinski definition) is 1. The maximum Gasteiger partial charge on any atom is 0.260 e. The molecule has 140 valence electrons. The van der Waals surface area contributed by atoms with Crippen LogP contribution < -0.4 is 4.74 Å². The molecule has 4 nitrogen and oxygen atoms in total. The second-order valence-electron chi connectivity index (χ2n) is 7.11. The topological polar surface area (TPSA) is 45.3 Å². The molecule has 1 amide bonds. The van der Waals surface area contributed by atoms with E-state index in [4.69, 9.17) is 16.3 Å². The first kappa shape index (κ1) is 17.9. The minimum Gasteiger partial charge on any atom is -0.484 e. The molecular formula is C22H23ClN2O2. The van der Waals surface area contributed by atoms with Crippen LogP contribution in [0.2, 0.25) is 5.02 Å². The maximum atomic E-state index is 12.5. The third-order valence-corrected chi connectivity index (χ3v) is 5.63. The minimum atomic E-state index is 0.0408. The number of halogens is 1. The Morgan fingerprint density at radius 3 is 2.59 bits per heavy atom. The Hall–Kier alpha value is -2.46. The number of ether oxygens (including phenoxy) is 1. The number of para-hydroxylation sites is 1. The summed E-state index contributed by atoms with van der Waals surface area (Å²) in [5.41, 5.74) is 3.85. The van der Waals surface area contributed by atoms with Crippen molar-refractivity contribution in [3.05, 3.63) is 64.8 Å². The minimum absolute atomic E-state index is 0.0408. The number of nitrogens with zero attached hydrogens (tertiary/aromatic N) is 1. The first-order valence-electron chi connectivity index (χ1n) is 9.35. The lowest BCUT2D eigenvalue weighted by Crippen LogP contribution is -2.40. The van der Waals surface area contributed by atoms with Crippen LogP contribution in [-0.4, -0.2) is 35.5 Å². The quantitative estimate of drug-likeness (QED) is 0.696. The van der Waals surface area contributed by atoms with Gasteiger partial charge in [0.2, 0.25) is 0 Å². The molecule has 0 atom stereocenters. The number of hydrogen-bond acceptors (Lipinski definition) is 2. The van der Waals surface area contributed by atoms with Crippen molar-refractivity contribution in [1.29, 1.82) is 0 Å². The molecule has 3 aromatic rings. The lowest BCUT2D eigenvalue weighted by atomic mass is 9.87. The molecule has 0 bridgehead atoms. The average Bonchev–Trinajstić information content (AvgIpc) is 3.03. The third kappa shape index (κ3) is 3.81. The highest BCUT2D eigenvalue weighted by atomic mass is 35.5. The number of benzene rings is 2. The summed E-state index contributed by atoms with van der Waals surface area (Å²) in [5, 5.41) is 1.97. The van der Waals surface area contributed by atoms with Gasteiger partial charge in [0.25, 0.3) is 5.91 Å². The van der Waals surface area contributed by atoms with Crippen LogP contribution in [0.25, 0.3) is 10.9 Å². The molecule has 1 saturated heterocycles. The third-order valence-electron chi connectivity index (χ3n) is 5.38. The van der Waals surface area contributed by atoms with E-state index in [2.05, 4.69) is 36.2 Å². The van der Waals surface area contributed by atoms with Crippen molar-refractivity contribution < 1.29 is 9.53 Å². The Labute approximate surface area is 164 Å². The summed E-state index contributed by atoms with van der Waals surface area (Å²) in [7, 11) is 0. The van der Waals surface area contributed by atoms with Gasteiger partial charge in [0.05, 0.1) is 0 Å². The molecule has 1 fully saturated rings.